The van der Waals surface area contributed by atoms with Crippen LogP contribution in [0.4, 0.5) is 0 Å². The van der Waals surface area contributed by atoms with E-state index in [1.54, 1.807) is 12.1 Å². The average Bonchev–Trinajstić information content (AvgIpc) is 2.43. The number of phenols is 1. The first-order valence-corrected chi connectivity index (χ1v) is 7.49. The molecule has 0 saturated carbocycles. The number of nitrogens with one attached hydrogen (secondary N) is 1. The van der Waals surface area contributed by atoms with E-state index in [4.69, 9.17) is 0 Å². The van der Waals surface area contributed by atoms with Gasteiger partial charge in [0.15, 0.2) is 0 Å². The van der Waals surface area contributed by atoms with Crippen molar-refractivity contribution in [2.75, 3.05) is 26.2 Å². The highest BCUT2D eigenvalue weighted by atomic mass is 16.3. The van der Waals surface area contributed by atoms with Crippen LogP contribution in [0.25, 0.3) is 0 Å². The lowest BCUT2D eigenvalue weighted by atomic mass is 9.97. The SMILES string of the molecule is CCCN(Cc1ccc(O)cc1)CC1CCNCC1. The molecule has 0 aliphatic carbocycles. The summed E-state index contributed by atoms with van der Waals surface area (Å²) in [6.45, 7) is 7.94. The van der Waals surface area contributed by atoms with E-state index in [-0.39, 0.29) is 0 Å². The van der Waals surface area contributed by atoms with Crippen LogP contribution in [0.15, 0.2) is 24.3 Å². The van der Waals surface area contributed by atoms with E-state index < -0.39 is 0 Å². The molecule has 19 heavy (non-hydrogen) atoms. The van der Waals surface area contributed by atoms with Crippen molar-refractivity contribution in [1.82, 2.24) is 10.2 Å². The Morgan fingerprint density at radius 2 is 1.89 bits per heavy atom. The second kappa shape index (κ2) is 7.51. The zero-order valence-corrected chi connectivity index (χ0v) is 11.9. The summed E-state index contributed by atoms with van der Waals surface area (Å²) in [5, 5.41) is 12.8. The first-order valence-electron chi connectivity index (χ1n) is 7.49. The molecule has 1 heterocycles. The van der Waals surface area contributed by atoms with Gasteiger partial charge in [-0.05, 0) is 62.5 Å². The van der Waals surface area contributed by atoms with Crippen LogP contribution in [-0.4, -0.2) is 36.2 Å². The first kappa shape index (κ1) is 14.4. The summed E-state index contributed by atoms with van der Waals surface area (Å²) in [5.74, 6) is 1.19. The van der Waals surface area contributed by atoms with Crippen LogP contribution in [0.1, 0.15) is 31.7 Å². The van der Waals surface area contributed by atoms with E-state index in [1.807, 2.05) is 12.1 Å². The van der Waals surface area contributed by atoms with Crippen molar-refractivity contribution in [2.24, 2.45) is 5.92 Å². The number of aromatic hydroxyl groups is 1. The van der Waals surface area contributed by atoms with E-state index in [9.17, 15) is 5.11 Å². The maximum absolute atomic E-state index is 9.33. The van der Waals surface area contributed by atoms with E-state index in [2.05, 4.69) is 17.1 Å². The molecular weight excluding hydrogens is 236 g/mol. The van der Waals surface area contributed by atoms with Crippen molar-refractivity contribution < 1.29 is 5.11 Å². The van der Waals surface area contributed by atoms with Crippen LogP contribution >= 0.6 is 0 Å². The lowest BCUT2D eigenvalue weighted by Crippen LogP contribution is -2.36. The van der Waals surface area contributed by atoms with Crippen molar-refractivity contribution in [3.8, 4) is 5.75 Å². The quantitative estimate of drug-likeness (QED) is 0.827. The molecule has 2 rings (SSSR count). The Labute approximate surface area is 116 Å². The molecule has 1 saturated heterocycles. The summed E-state index contributed by atoms with van der Waals surface area (Å²) >= 11 is 0. The molecule has 0 unspecified atom stereocenters. The molecule has 1 fully saturated rings. The Morgan fingerprint density at radius 3 is 2.53 bits per heavy atom. The van der Waals surface area contributed by atoms with Gasteiger partial charge in [0.25, 0.3) is 0 Å². The molecule has 1 aliphatic heterocycles. The third-order valence-corrected chi connectivity index (χ3v) is 3.86. The number of rotatable bonds is 6. The van der Waals surface area contributed by atoms with Gasteiger partial charge in [-0.25, -0.2) is 0 Å². The van der Waals surface area contributed by atoms with Crippen molar-refractivity contribution >= 4 is 0 Å². The standard InChI is InChI=1S/C16H26N2O/c1-2-11-18(13-15-7-9-17-10-8-15)12-14-3-5-16(19)6-4-14/h3-6,15,17,19H,2,7-13H2,1H3. The van der Waals surface area contributed by atoms with Gasteiger partial charge in [-0.3, -0.25) is 4.90 Å². The fraction of sp³-hybridized carbons (Fsp3) is 0.625. The molecule has 3 nitrogen and oxygen atoms in total. The van der Waals surface area contributed by atoms with Gasteiger partial charge >= 0.3 is 0 Å². The minimum atomic E-state index is 0.351. The average molecular weight is 262 g/mol. The minimum absolute atomic E-state index is 0.351. The third kappa shape index (κ3) is 4.84. The second-order valence-electron chi connectivity index (χ2n) is 5.59. The number of benzene rings is 1. The van der Waals surface area contributed by atoms with E-state index >= 15 is 0 Å². The van der Waals surface area contributed by atoms with Crippen LogP contribution in [0.5, 0.6) is 5.75 Å². The van der Waals surface area contributed by atoms with E-state index in [0.29, 0.717) is 5.75 Å². The van der Waals surface area contributed by atoms with Crippen molar-refractivity contribution in [1.29, 1.82) is 0 Å². The predicted octanol–water partition coefficient (Wildman–Crippen LogP) is 2.60. The van der Waals surface area contributed by atoms with Gasteiger partial charge in [-0.2, -0.15) is 0 Å². The van der Waals surface area contributed by atoms with Gasteiger partial charge in [0, 0.05) is 13.1 Å². The van der Waals surface area contributed by atoms with Crippen molar-refractivity contribution in [3.63, 3.8) is 0 Å². The molecule has 0 amide bonds. The number of phenolic OH excluding ortho intramolecular Hbond substituents is 1. The molecule has 0 radical (unpaired) electrons. The molecule has 0 atom stereocenters. The third-order valence-electron chi connectivity index (χ3n) is 3.86. The predicted molar refractivity (Wildman–Crippen MR) is 79.3 cm³/mol. The Kier molecular flexibility index (Phi) is 5.67. The van der Waals surface area contributed by atoms with Gasteiger partial charge in [0.1, 0.15) is 5.75 Å². The lowest BCUT2D eigenvalue weighted by molar-refractivity contribution is 0.199. The molecule has 2 N–H and O–H groups in total. The van der Waals surface area contributed by atoms with Gasteiger partial charge in [0.2, 0.25) is 0 Å². The van der Waals surface area contributed by atoms with Crippen LogP contribution in [0, 0.1) is 5.92 Å². The lowest BCUT2D eigenvalue weighted by Gasteiger charge is -2.30. The summed E-state index contributed by atoms with van der Waals surface area (Å²) in [6.07, 6.45) is 3.80. The maximum Gasteiger partial charge on any atom is 0.115 e. The molecule has 106 valence electrons. The molecule has 0 bridgehead atoms. The van der Waals surface area contributed by atoms with Crippen molar-refractivity contribution in [2.45, 2.75) is 32.7 Å². The zero-order chi connectivity index (χ0) is 13.5. The topological polar surface area (TPSA) is 35.5 Å². The minimum Gasteiger partial charge on any atom is -0.508 e. The molecule has 0 aromatic heterocycles. The molecule has 1 aromatic carbocycles. The molecular formula is C16H26N2O. The highest BCUT2D eigenvalue weighted by molar-refractivity contribution is 5.25. The summed E-state index contributed by atoms with van der Waals surface area (Å²) < 4.78 is 0. The van der Waals surface area contributed by atoms with Crippen LogP contribution in [0.3, 0.4) is 0 Å². The zero-order valence-electron chi connectivity index (χ0n) is 11.9. The number of nitrogens with zero attached hydrogens (tertiary/aromatic N) is 1. The van der Waals surface area contributed by atoms with Crippen molar-refractivity contribution in [3.05, 3.63) is 29.8 Å². The van der Waals surface area contributed by atoms with Gasteiger partial charge < -0.3 is 10.4 Å². The second-order valence-corrected chi connectivity index (χ2v) is 5.59. The smallest absolute Gasteiger partial charge is 0.115 e. The maximum atomic E-state index is 9.33. The molecule has 1 aliphatic rings. The Morgan fingerprint density at radius 1 is 1.21 bits per heavy atom. The Bertz CT molecular complexity index is 358. The first-order chi connectivity index (χ1) is 9.28. The highest BCUT2D eigenvalue weighted by Crippen LogP contribution is 2.17. The van der Waals surface area contributed by atoms with E-state index in [0.717, 1.165) is 19.0 Å². The van der Waals surface area contributed by atoms with Crippen LogP contribution in [-0.2, 0) is 6.54 Å². The van der Waals surface area contributed by atoms with Crippen LogP contribution < -0.4 is 5.32 Å². The molecule has 0 spiro atoms. The fourth-order valence-corrected chi connectivity index (χ4v) is 2.84. The largest absolute Gasteiger partial charge is 0.508 e. The fourth-order valence-electron chi connectivity index (χ4n) is 2.84. The van der Waals surface area contributed by atoms with Gasteiger partial charge in [-0.1, -0.05) is 19.1 Å². The summed E-state index contributed by atoms with van der Waals surface area (Å²) in [6, 6.07) is 7.62. The van der Waals surface area contributed by atoms with Gasteiger partial charge in [0.05, 0.1) is 0 Å². The molecule has 3 heteroatoms. The molecule has 1 aromatic rings. The number of hydrogen-bond donors (Lipinski definition) is 2. The van der Waals surface area contributed by atoms with Gasteiger partial charge in [-0.15, -0.1) is 0 Å². The Hall–Kier alpha value is -1.06. The monoisotopic (exact) mass is 262 g/mol. The summed E-state index contributed by atoms with van der Waals surface area (Å²) in [7, 11) is 0. The van der Waals surface area contributed by atoms with Crippen LogP contribution in [0.2, 0.25) is 0 Å². The summed E-state index contributed by atoms with van der Waals surface area (Å²) in [4.78, 5) is 2.56. The Balaban J connectivity index is 1.89. The summed E-state index contributed by atoms with van der Waals surface area (Å²) in [5.41, 5.74) is 1.29. The van der Waals surface area contributed by atoms with E-state index in [1.165, 1.54) is 44.5 Å². The number of hydrogen-bond acceptors (Lipinski definition) is 3. The normalized spacial score (nSPS) is 16.9. The highest BCUT2D eigenvalue weighted by Gasteiger charge is 2.16. The number of piperidine rings is 1.